The molecule has 1 N–H and O–H groups in total. The van der Waals surface area contributed by atoms with Gasteiger partial charge in [-0.05, 0) is 30.3 Å². The molecule has 134 valence electrons. The second-order valence-electron chi connectivity index (χ2n) is 5.38. The number of nitrogens with zero attached hydrogens (tertiary/aromatic N) is 1. The van der Waals surface area contributed by atoms with Crippen LogP contribution in [0.1, 0.15) is 26.6 Å². The Morgan fingerprint density at radius 2 is 2.00 bits per heavy atom. The van der Waals surface area contributed by atoms with Crippen LogP contribution >= 0.6 is 22.9 Å². The first-order chi connectivity index (χ1) is 12.4. The molecule has 0 saturated carbocycles. The van der Waals surface area contributed by atoms with Crippen molar-refractivity contribution < 1.29 is 23.4 Å². The molecule has 2 aromatic carbocycles. The second kappa shape index (κ2) is 7.80. The number of benzene rings is 2. The van der Waals surface area contributed by atoms with Gasteiger partial charge in [-0.3, -0.25) is 0 Å². The molecule has 1 aromatic heterocycles. The van der Waals surface area contributed by atoms with Crippen molar-refractivity contribution in [2.24, 2.45) is 0 Å². The summed E-state index contributed by atoms with van der Waals surface area (Å²) in [5.74, 6) is -1.98. The third kappa shape index (κ3) is 4.36. The van der Waals surface area contributed by atoms with Crippen LogP contribution in [0.4, 0.5) is 8.78 Å². The lowest BCUT2D eigenvalue weighted by Gasteiger charge is -2.12. The van der Waals surface area contributed by atoms with E-state index >= 15 is 0 Å². The highest BCUT2D eigenvalue weighted by molar-refractivity contribution is 7.09. The Morgan fingerprint density at radius 1 is 1.19 bits per heavy atom. The monoisotopic (exact) mass is 395 g/mol. The number of thiazole rings is 1. The molecule has 0 aliphatic heterocycles. The van der Waals surface area contributed by atoms with Crippen LogP contribution in [0.3, 0.4) is 0 Å². The summed E-state index contributed by atoms with van der Waals surface area (Å²) in [6, 6.07) is 8.23. The highest BCUT2D eigenvalue weighted by Gasteiger charge is 2.13. The van der Waals surface area contributed by atoms with Crippen LogP contribution < -0.4 is 4.74 Å². The highest BCUT2D eigenvalue weighted by atomic mass is 35.5. The number of carbonyl (C=O) groups is 1. The Balaban J connectivity index is 1.79. The number of ether oxygens (including phenoxy) is 1. The number of rotatable bonds is 6. The zero-order valence-electron chi connectivity index (χ0n) is 13.2. The lowest BCUT2D eigenvalue weighted by molar-refractivity contribution is 0.0691. The number of hydrogen-bond acceptors (Lipinski definition) is 4. The first-order valence-corrected chi connectivity index (χ1v) is 8.71. The summed E-state index contributed by atoms with van der Waals surface area (Å²) in [6.07, 6.45) is 0.319. The molecule has 0 amide bonds. The predicted molar refractivity (Wildman–Crippen MR) is 94.0 cm³/mol. The number of hydrogen-bond donors (Lipinski definition) is 1. The van der Waals surface area contributed by atoms with Gasteiger partial charge in [-0.2, -0.15) is 0 Å². The van der Waals surface area contributed by atoms with E-state index in [4.69, 9.17) is 21.4 Å². The molecular weight excluding hydrogens is 384 g/mol. The van der Waals surface area contributed by atoms with Crippen molar-refractivity contribution in [3.8, 4) is 5.75 Å². The summed E-state index contributed by atoms with van der Waals surface area (Å²) in [7, 11) is 0. The lowest BCUT2D eigenvalue weighted by Crippen LogP contribution is -2.02. The Labute approximate surface area is 156 Å². The largest absolute Gasteiger partial charge is 0.488 e. The number of aromatic carboxylic acids is 1. The van der Waals surface area contributed by atoms with Crippen molar-refractivity contribution in [3.63, 3.8) is 0 Å². The van der Waals surface area contributed by atoms with E-state index in [2.05, 4.69) is 4.98 Å². The quantitative estimate of drug-likeness (QED) is 0.642. The molecule has 0 radical (unpaired) electrons. The van der Waals surface area contributed by atoms with E-state index < -0.39 is 17.6 Å². The van der Waals surface area contributed by atoms with Crippen LogP contribution in [0.25, 0.3) is 0 Å². The molecule has 0 aliphatic rings. The standard InChI is InChI=1S/C18H12ClF2NO3S/c19-12-2-4-16(25-8-10-1-3-13(20)7-14(10)21)11(5-12)6-17-22-15(9-26-17)18(23)24/h1-5,7,9H,6,8H2,(H,23,24). The Kier molecular flexibility index (Phi) is 5.49. The van der Waals surface area contributed by atoms with Gasteiger partial charge in [0.15, 0.2) is 5.69 Å². The number of carboxylic acid groups (broad SMARTS) is 1. The van der Waals surface area contributed by atoms with Gasteiger partial charge in [0.25, 0.3) is 0 Å². The molecular formula is C18H12ClF2NO3S. The zero-order chi connectivity index (χ0) is 18.7. The summed E-state index contributed by atoms with van der Waals surface area (Å²) >= 11 is 7.24. The summed E-state index contributed by atoms with van der Waals surface area (Å²) in [5, 5.41) is 11.5. The van der Waals surface area contributed by atoms with Gasteiger partial charge in [-0.1, -0.05) is 11.6 Å². The molecule has 1 heterocycles. The van der Waals surface area contributed by atoms with Crippen molar-refractivity contribution in [1.29, 1.82) is 0 Å². The average Bonchev–Trinajstić information content (AvgIpc) is 3.04. The molecule has 0 saturated heterocycles. The minimum atomic E-state index is -1.10. The fourth-order valence-corrected chi connectivity index (χ4v) is 3.26. The normalized spacial score (nSPS) is 10.7. The summed E-state index contributed by atoms with van der Waals surface area (Å²) < 4.78 is 32.4. The predicted octanol–water partition coefficient (Wildman–Crippen LogP) is 4.94. The number of carboxylic acids is 1. The zero-order valence-corrected chi connectivity index (χ0v) is 14.8. The van der Waals surface area contributed by atoms with E-state index in [0.29, 0.717) is 27.8 Å². The van der Waals surface area contributed by atoms with Crippen molar-refractivity contribution in [2.45, 2.75) is 13.0 Å². The molecule has 4 nitrogen and oxygen atoms in total. The minimum absolute atomic E-state index is 0.0251. The van der Waals surface area contributed by atoms with Crippen molar-refractivity contribution in [1.82, 2.24) is 4.98 Å². The van der Waals surface area contributed by atoms with E-state index in [-0.39, 0.29) is 17.9 Å². The number of aromatic nitrogens is 1. The Hall–Kier alpha value is -2.51. The maximum absolute atomic E-state index is 13.7. The van der Waals surface area contributed by atoms with Crippen LogP contribution in [-0.2, 0) is 13.0 Å². The van der Waals surface area contributed by atoms with Crippen LogP contribution in [0.15, 0.2) is 41.8 Å². The molecule has 26 heavy (non-hydrogen) atoms. The third-order valence-electron chi connectivity index (χ3n) is 3.53. The SMILES string of the molecule is O=C(O)c1csc(Cc2cc(Cl)ccc2OCc2ccc(F)cc2F)n1. The maximum Gasteiger partial charge on any atom is 0.355 e. The van der Waals surface area contributed by atoms with Gasteiger partial charge in [-0.25, -0.2) is 18.6 Å². The number of halogens is 3. The van der Waals surface area contributed by atoms with Gasteiger partial charge in [-0.15, -0.1) is 11.3 Å². The summed E-state index contributed by atoms with van der Waals surface area (Å²) in [5.41, 5.74) is 0.879. The van der Waals surface area contributed by atoms with Gasteiger partial charge >= 0.3 is 5.97 Å². The van der Waals surface area contributed by atoms with Crippen LogP contribution in [0.5, 0.6) is 5.75 Å². The molecule has 0 bridgehead atoms. The van der Waals surface area contributed by atoms with Crippen LogP contribution in [-0.4, -0.2) is 16.1 Å². The third-order valence-corrected chi connectivity index (χ3v) is 4.62. The smallest absolute Gasteiger partial charge is 0.355 e. The molecule has 3 rings (SSSR count). The molecule has 3 aromatic rings. The molecule has 0 spiro atoms. The minimum Gasteiger partial charge on any atom is -0.488 e. The Morgan fingerprint density at radius 3 is 2.69 bits per heavy atom. The van der Waals surface area contributed by atoms with Crippen molar-refractivity contribution in [3.05, 3.63) is 80.3 Å². The fraction of sp³-hybridized carbons (Fsp3) is 0.111. The highest BCUT2D eigenvalue weighted by Crippen LogP contribution is 2.27. The van der Waals surface area contributed by atoms with Crippen molar-refractivity contribution >= 4 is 28.9 Å². The topological polar surface area (TPSA) is 59.4 Å². The Bertz CT molecular complexity index is 961. The molecule has 8 heteroatoms. The van der Waals surface area contributed by atoms with Crippen molar-refractivity contribution in [2.75, 3.05) is 0 Å². The van der Waals surface area contributed by atoms with E-state index in [0.717, 1.165) is 12.1 Å². The fourth-order valence-electron chi connectivity index (χ4n) is 2.27. The van der Waals surface area contributed by atoms with E-state index in [1.54, 1.807) is 18.2 Å². The summed E-state index contributed by atoms with van der Waals surface area (Å²) in [6.45, 7) is -0.0843. The molecule has 0 unspecified atom stereocenters. The van der Waals surface area contributed by atoms with Crippen LogP contribution in [0.2, 0.25) is 5.02 Å². The summed E-state index contributed by atoms with van der Waals surface area (Å²) in [4.78, 5) is 15.0. The van der Waals surface area contributed by atoms with E-state index in [9.17, 15) is 13.6 Å². The van der Waals surface area contributed by atoms with E-state index in [1.807, 2.05) is 0 Å². The average molecular weight is 396 g/mol. The molecule has 0 aliphatic carbocycles. The molecule has 0 atom stereocenters. The van der Waals surface area contributed by atoms with E-state index in [1.165, 1.54) is 22.8 Å². The lowest BCUT2D eigenvalue weighted by atomic mass is 10.1. The first kappa shape index (κ1) is 18.3. The molecule has 0 fully saturated rings. The maximum atomic E-state index is 13.7. The second-order valence-corrected chi connectivity index (χ2v) is 6.76. The van der Waals surface area contributed by atoms with Crippen LogP contribution in [0, 0.1) is 11.6 Å². The van der Waals surface area contributed by atoms with Gasteiger partial charge in [0, 0.05) is 34.0 Å². The van der Waals surface area contributed by atoms with Gasteiger partial charge < -0.3 is 9.84 Å². The first-order valence-electron chi connectivity index (χ1n) is 7.45. The van der Waals surface area contributed by atoms with Gasteiger partial charge in [0.1, 0.15) is 24.0 Å². The van der Waals surface area contributed by atoms with Gasteiger partial charge in [0.05, 0.1) is 5.01 Å². The van der Waals surface area contributed by atoms with Gasteiger partial charge in [0.2, 0.25) is 0 Å².